The number of nitriles is 1. The number of hydrogen-bond acceptors (Lipinski definition) is 9. The molecule has 1 aromatic heterocycles. The van der Waals surface area contributed by atoms with E-state index < -0.39 is 21.2 Å². The molecule has 2 aromatic carbocycles. The Morgan fingerprint density at radius 2 is 1.87 bits per heavy atom. The van der Waals surface area contributed by atoms with Gasteiger partial charge < -0.3 is 9.47 Å². The Bertz CT molecular complexity index is 1500. The minimum absolute atomic E-state index is 0.149. The van der Waals surface area contributed by atoms with Crippen LogP contribution in [0.1, 0.15) is 55.7 Å². The van der Waals surface area contributed by atoms with E-state index in [9.17, 15) is 25.5 Å². The van der Waals surface area contributed by atoms with Gasteiger partial charge in [-0.05, 0) is 72.9 Å². The zero-order valence-corrected chi connectivity index (χ0v) is 22.9. The Morgan fingerprint density at radius 3 is 2.51 bits per heavy atom. The minimum atomic E-state index is -0.735. The van der Waals surface area contributed by atoms with Gasteiger partial charge in [-0.25, -0.2) is 4.99 Å². The van der Waals surface area contributed by atoms with E-state index in [0.717, 1.165) is 37.0 Å². The summed E-state index contributed by atoms with van der Waals surface area (Å²) in [4.78, 5) is 27.0. The molecule has 0 amide bonds. The molecule has 0 aliphatic heterocycles. The monoisotopic (exact) mass is 548 g/mol. The van der Waals surface area contributed by atoms with Crippen LogP contribution in [0.25, 0.3) is 0 Å². The van der Waals surface area contributed by atoms with Crippen molar-refractivity contribution in [2.24, 2.45) is 16.3 Å². The Labute approximate surface area is 229 Å². The number of thiophene rings is 1. The predicted molar refractivity (Wildman–Crippen MR) is 149 cm³/mol. The number of ether oxygens (including phenoxy) is 2. The SMILES string of the molecule is CCOc1cc(C=Nc2sc3c(c2C#N)CC[C@@H](C(C)(C)C)C3)ccc1Oc1ccc([N+](=O)[O-])cc1[N+](=O)[O-]. The van der Waals surface area contributed by atoms with Gasteiger partial charge in [-0.2, -0.15) is 5.26 Å². The number of benzene rings is 2. The van der Waals surface area contributed by atoms with E-state index >= 15 is 0 Å². The summed E-state index contributed by atoms with van der Waals surface area (Å²) in [6.07, 6.45) is 4.53. The Kier molecular flexibility index (Phi) is 7.97. The van der Waals surface area contributed by atoms with Gasteiger partial charge in [0.15, 0.2) is 11.5 Å². The molecule has 0 fully saturated rings. The molecule has 1 heterocycles. The van der Waals surface area contributed by atoms with Crippen LogP contribution in [0.4, 0.5) is 16.4 Å². The molecule has 1 aliphatic rings. The molecule has 11 heteroatoms. The normalized spacial score (nSPS) is 15.0. The first-order valence-electron chi connectivity index (χ1n) is 12.5. The first kappa shape index (κ1) is 27.7. The Balaban J connectivity index is 1.62. The zero-order valence-electron chi connectivity index (χ0n) is 22.1. The molecule has 1 aliphatic carbocycles. The number of hydrogen-bond donors (Lipinski definition) is 0. The van der Waals surface area contributed by atoms with E-state index in [0.29, 0.717) is 34.4 Å². The molecule has 10 nitrogen and oxygen atoms in total. The fraction of sp³-hybridized carbons (Fsp3) is 0.357. The van der Waals surface area contributed by atoms with Crippen LogP contribution in [0.15, 0.2) is 41.4 Å². The van der Waals surface area contributed by atoms with Crippen molar-refractivity contribution in [2.75, 3.05) is 6.61 Å². The maximum atomic E-state index is 11.5. The quantitative estimate of drug-likeness (QED) is 0.161. The largest absolute Gasteiger partial charge is 0.490 e. The van der Waals surface area contributed by atoms with Crippen molar-refractivity contribution in [3.8, 4) is 23.3 Å². The molecule has 0 saturated carbocycles. The van der Waals surface area contributed by atoms with E-state index in [2.05, 4.69) is 31.8 Å². The van der Waals surface area contributed by atoms with Gasteiger partial charge in [0, 0.05) is 17.2 Å². The Morgan fingerprint density at radius 1 is 1.13 bits per heavy atom. The van der Waals surface area contributed by atoms with Gasteiger partial charge >= 0.3 is 5.69 Å². The molecule has 3 aromatic rings. The minimum Gasteiger partial charge on any atom is -0.490 e. The van der Waals surface area contributed by atoms with Crippen LogP contribution in [0, 0.1) is 42.9 Å². The van der Waals surface area contributed by atoms with Crippen molar-refractivity contribution in [3.63, 3.8) is 0 Å². The number of nitro benzene ring substituents is 2. The number of nitrogens with zero attached hydrogens (tertiary/aromatic N) is 4. The molecule has 0 unspecified atom stereocenters. The number of aliphatic imine (C=N–C) groups is 1. The first-order chi connectivity index (χ1) is 18.5. The third-order valence-electron chi connectivity index (χ3n) is 6.75. The summed E-state index contributed by atoms with van der Waals surface area (Å²) in [5.74, 6) is 0.945. The summed E-state index contributed by atoms with van der Waals surface area (Å²) >= 11 is 1.56. The highest BCUT2D eigenvalue weighted by molar-refractivity contribution is 7.16. The summed E-state index contributed by atoms with van der Waals surface area (Å²) < 4.78 is 11.5. The summed E-state index contributed by atoms with van der Waals surface area (Å²) in [6.45, 7) is 8.86. The van der Waals surface area contributed by atoms with Crippen molar-refractivity contribution in [1.29, 1.82) is 5.26 Å². The van der Waals surface area contributed by atoms with Crippen LogP contribution in [-0.2, 0) is 12.8 Å². The lowest BCUT2D eigenvalue weighted by atomic mass is 9.72. The molecule has 0 N–H and O–H groups in total. The van der Waals surface area contributed by atoms with Gasteiger partial charge in [0.2, 0.25) is 5.75 Å². The number of non-ortho nitro benzene ring substituents is 1. The zero-order chi connectivity index (χ0) is 28.3. The molecule has 0 radical (unpaired) electrons. The molecular weight excluding hydrogens is 520 g/mol. The molecule has 0 saturated heterocycles. The third kappa shape index (κ3) is 6.07. The van der Waals surface area contributed by atoms with E-state index in [1.165, 1.54) is 10.9 Å². The van der Waals surface area contributed by atoms with Crippen LogP contribution in [-0.4, -0.2) is 22.7 Å². The van der Waals surface area contributed by atoms with E-state index in [4.69, 9.17) is 9.47 Å². The van der Waals surface area contributed by atoms with Gasteiger partial charge in [-0.3, -0.25) is 20.2 Å². The van der Waals surface area contributed by atoms with Gasteiger partial charge in [0.25, 0.3) is 5.69 Å². The molecule has 4 rings (SSSR count). The van der Waals surface area contributed by atoms with Gasteiger partial charge in [0.1, 0.15) is 11.1 Å². The van der Waals surface area contributed by atoms with Crippen molar-refractivity contribution >= 4 is 33.9 Å². The molecule has 39 heavy (non-hydrogen) atoms. The second-order valence-corrected chi connectivity index (χ2v) is 11.4. The fourth-order valence-electron chi connectivity index (χ4n) is 4.57. The second kappa shape index (κ2) is 11.2. The van der Waals surface area contributed by atoms with Crippen LogP contribution < -0.4 is 9.47 Å². The van der Waals surface area contributed by atoms with E-state index in [-0.39, 0.29) is 16.9 Å². The van der Waals surface area contributed by atoms with Crippen LogP contribution in [0.5, 0.6) is 17.2 Å². The van der Waals surface area contributed by atoms with Gasteiger partial charge in [-0.15, -0.1) is 11.3 Å². The lowest BCUT2D eigenvalue weighted by Crippen LogP contribution is -2.26. The molecule has 1 atom stereocenters. The highest BCUT2D eigenvalue weighted by Crippen LogP contribution is 2.45. The number of fused-ring (bicyclic) bond motifs is 1. The number of rotatable bonds is 8. The van der Waals surface area contributed by atoms with Crippen LogP contribution in [0.3, 0.4) is 0 Å². The van der Waals surface area contributed by atoms with E-state index in [1.807, 2.05) is 0 Å². The smallest absolute Gasteiger partial charge is 0.318 e. The summed E-state index contributed by atoms with van der Waals surface area (Å²) in [7, 11) is 0. The highest BCUT2D eigenvalue weighted by atomic mass is 32.1. The highest BCUT2D eigenvalue weighted by Gasteiger charge is 2.32. The third-order valence-corrected chi connectivity index (χ3v) is 7.91. The van der Waals surface area contributed by atoms with Crippen molar-refractivity contribution < 1.29 is 19.3 Å². The molecular formula is C28H28N4O6S. The van der Waals surface area contributed by atoms with Gasteiger partial charge in [-0.1, -0.05) is 20.8 Å². The van der Waals surface area contributed by atoms with Crippen LogP contribution >= 0.6 is 11.3 Å². The summed E-state index contributed by atoms with van der Waals surface area (Å²) in [5.41, 5.74) is 1.69. The molecule has 0 spiro atoms. The summed E-state index contributed by atoms with van der Waals surface area (Å²) in [6, 6.07) is 10.5. The summed E-state index contributed by atoms with van der Waals surface area (Å²) in [5, 5.41) is 33.1. The standard InChI is InChI=1S/C28H28N4O6S/c1-5-37-25-12-17(6-10-24(25)38-23-11-8-19(31(33)34)14-22(23)32(35)36)16-30-27-21(15-29)20-9-7-18(28(2,3)4)13-26(20)39-27/h6,8,10-12,14,16,18H,5,7,9,13H2,1-4H3/t18-/m1/s1. The number of nitro groups is 2. The maximum Gasteiger partial charge on any atom is 0.318 e. The van der Waals surface area contributed by atoms with Crippen molar-refractivity contribution in [3.05, 3.63) is 78.2 Å². The fourth-order valence-corrected chi connectivity index (χ4v) is 5.80. The molecule has 202 valence electrons. The van der Waals surface area contributed by atoms with Gasteiger partial charge in [0.05, 0.1) is 28.1 Å². The lowest BCUT2D eigenvalue weighted by molar-refractivity contribution is -0.394. The predicted octanol–water partition coefficient (Wildman–Crippen LogP) is 7.53. The Hall–Kier alpha value is -4.30. The van der Waals surface area contributed by atoms with Crippen LogP contribution in [0.2, 0.25) is 0 Å². The average molecular weight is 549 g/mol. The first-order valence-corrected chi connectivity index (χ1v) is 13.3. The molecule has 0 bridgehead atoms. The van der Waals surface area contributed by atoms with Crippen molar-refractivity contribution in [2.45, 2.75) is 47.0 Å². The second-order valence-electron chi connectivity index (χ2n) is 10.3. The van der Waals surface area contributed by atoms with E-state index in [1.54, 1.807) is 42.7 Å². The maximum absolute atomic E-state index is 11.5. The van der Waals surface area contributed by atoms with Crippen molar-refractivity contribution in [1.82, 2.24) is 0 Å². The lowest BCUT2D eigenvalue weighted by Gasteiger charge is -2.33. The topological polar surface area (TPSA) is 141 Å². The average Bonchev–Trinajstić information content (AvgIpc) is 3.25.